The highest BCUT2D eigenvalue weighted by atomic mass is 79.9. The molecule has 1 aliphatic rings. The van der Waals surface area contributed by atoms with E-state index in [2.05, 4.69) is 15.9 Å². The van der Waals surface area contributed by atoms with Crippen LogP contribution in [0.2, 0.25) is 0 Å². The van der Waals surface area contributed by atoms with Crippen LogP contribution in [0.1, 0.15) is 5.76 Å². The highest BCUT2D eigenvalue weighted by Crippen LogP contribution is 2.37. The predicted molar refractivity (Wildman–Crippen MR) is 97.6 cm³/mol. The van der Waals surface area contributed by atoms with Gasteiger partial charge in [0.15, 0.2) is 4.32 Å². The van der Waals surface area contributed by atoms with Crippen LogP contribution in [-0.2, 0) is 4.79 Å². The van der Waals surface area contributed by atoms with Crippen LogP contribution in [0.15, 0.2) is 68.6 Å². The van der Waals surface area contributed by atoms with Crippen molar-refractivity contribution in [1.29, 1.82) is 0 Å². The zero-order chi connectivity index (χ0) is 15.5. The molecule has 1 amide bonds. The number of carbonyl (C=O) groups is 1. The number of furan rings is 1. The number of benzene rings is 1. The lowest BCUT2D eigenvalue weighted by Crippen LogP contribution is -2.27. The monoisotopic (exact) mass is 391 g/mol. The largest absolute Gasteiger partial charge is 0.465 e. The molecule has 0 aliphatic carbocycles. The first-order valence-electron chi connectivity index (χ1n) is 6.39. The van der Waals surface area contributed by atoms with Gasteiger partial charge in [0.25, 0.3) is 5.91 Å². The molecule has 6 heteroatoms. The molecule has 3 nitrogen and oxygen atoms in total. The highest BCUT2D eigenvalue weighted by Gasteiger charge is 2.33. The summed E-state index contributed by atoms with van der Waals surface area (Å²) in [6.07, 6.45) is 6.93. The Balaban J connectivity index is 1.84. The van der Waals surface area contributed by atoms with Gasteiger partial charge in [-0.25, -0.2) is 0 Å². The van der Waals surface area contributed by atoms with Crippen molar-refractivity contribution < 1.29 is 9.21 Å². The zero-order valence-corrected chi connectivity index (χ0v) is 14.5. The molecule has 1 aromatic carbocycles. The van der Waals surface area contributed by atoms with Gasteiger partial charge in [-0.05, 0) is 52.3 Å². The summed E-state index contributed by atoms with van der Waals surface area (Å²) in [4.78, 5) is 14.7. The SMILES string of the molecule is O=C1C(=CC=Cc2ccco2)SC(=S)N1c1ccccc1Br. The lowest BCUT2D eigenvalue weighted by atomic mass is 10.3. The van der Waals surface area contributed by atoms with Gasteiger partial charge in [0, 0.05) is 4.47 Å². The summed E-state index contributed by atoms with van der Waals surface area (Å²) in [6.45, 7) is 0. The Bertz CT molecular complexity index is 781. The van der Waals surface area contributed by atoms with E-state index in [0.29, 0.717) is 9.23 Å². The summed E-state index contributed by atoms with van der Waals surface area (Å²) >= 11 is 10.1. The topological polar surface area (TPSA) is 33.5 Å². The molecule has 1 aliphatic heterocycles. The molecular formula is C16H10BrNO2S2. The number of hydrogen-bond acceptors (Lipinski definition) is 4. The van der Waals surface area contributed by atoms with Gasteiger partial charge in [-0.1, -0.05) is 42.2 Å². The minimum atomic E-state index is -0.119. The second-order valence-electron chi connectivity index (χ2n) is 4.37. The summed E-state index contributed by atoms with van der Waals surface area (Å²) in [5.74, 6) is 0.614. The Kier molecular flexibility index (Phi) is 4.61. The number of anilines is 1. The standard InChI is InChI=1S/C16H10BrNO2S2/c17-12-7-1-2-8-13(12)18-15(19)14(22-16(18)21)9-3-5-11-6-4-10-20-11/h1-10H. The van der Waals surface area contributed by atoms with Gasteiger partial charge >= 0.3 is 0 Å². The van der Waals surface area contributed by atoms with E-state index in [1.54, 1.807) is 24.5 Å². The number of carbonyl (C=O) groups excluding carboxylic acids is 1. The Morgan fingerprint density at radius 3 is 2.77 bits per heavy atom. The molecule has 3 rings (SSSR count). The average molecular weight is 392 g/mol. The van der Waals surface area contributed by atoms with E-state index in [9.17, 15) is 4.79 Å². The summed E-state index contributed by atoms with van der Waals surface area (Å²) in [6, 6.07) is 11.2. The van der Waals surface area contributed by atoms with Crippen molar-refractivity contribution >= 4 is 61.9 Å². The summed E-state index contributed by atoms with van der Waals surface area (Å²) in [5.41, 5.74) is 0.753. The van der Waals surface area contributed by atoms with E-state index in [4.69, 9.17) is 16.6 Å². The molecule has 0 unspecified atom stereocenters. The third-order valence-electron chi connectivity index (χ3n) is 2.94. The van der Waals surface area contributed by atoms with E-state index in [-0.39, 0.29) is 5.91 Å². The Hall–Kier alpha value is -1.63. The molecule has 0 atom stereocenters. The van der Waals surface area contributed by atoms with Gasteiger partial charge in [0.1, 0.15) is 5.76 Å². The minimum absolute atomic E-state index is 0.119. The molecule has 0 bridgehead atoms. The molecule has 0 N–H and O–H groups in total. The highest BCUT2D eigenvalue weighted by molar-refractivity contribution is 9.10. The number of amides is 1. The van der Waals surface area contributed by atoms with Crippen molar-refractivity contribution in [1.82, 2.24) is 0 Å². The quantitative estimate of drug-likeness (QED) is 0.544. The normalized spacial score (nSPS) is 17.1. The van der Waals surface area contributed by atoms with Gasteiger partial charge in [-0.15, -0.1) is 0 Å². The van der Waals surface area contributed by atoms with Gasteiger partial charge in [0.2, 0.25) is 0 Å². The van der Waals surface area contributed by atoms with E-state index < -0.39 is 0 Å². The third-order valence-corrected chi connectivity index (χ3v) is 4.93. The fourth-order valence-corrected chi connectivity index (χ4v) is 3.64. The van der Waals surface area contributed by atoms with Crippen LogP contribution in [0.3, 0.4) is 0 Å². The van der Waals surface area contributed by atoms with Crippen LogP contribution in [0.5, 0.6) is 0 Å². The summed E-state index contributed by atoms with van der Waals surface area (Å²) < 4.78 is 6.56. The molecule has 0 spiro atoms. The number of thioether (sulfide) groups is 1. The first kappa shape index (κ1) is 15.3. The number of rotatable bonds is 3. The number of hydrogen-bond donors (Lipinski definition) is 0. The van der Waals surface area contributed by atoms with Crippen LogP contribution in [-0.4, -0.2) is 10.2 Å². The van der Waals surface area contributed by atoms with E-state index >= 15 is 0 Å². The Labute approximate surface area is 145 Å². The first-order valence-corrected chi connectivity index (χ1v) is 8.41. The van der Waals surface area contributed by atoms with Crippen molar-refractivity contribution in [2.45, 2.75) is 0 Å². The molecule has 1 aromatic heterocycles. The molecule has 1 fully saturated rings. The molecule has 2 heterocycles. The Morgan fingerprint density at radius 1 is 1.23 bits per heavy atom. The first-order chi connectivity index (χ1) is 10.7. The fraction of sp³-hybridized carbons (Fsp3) is 0. The maximum atomic E-state index is 12.5. The van der Waals surface area contributed by atoms with Crippen LogP contribution >= 0.6 is 39.9 Å². The van der Waals surface area contributed by atoms with Gasteiger partial charge in [0.05, 0.1) is 16.9 Å². The minimum Gasteiger partial charge on any atom is -0.465 e. The van der Waals surface area contributed by atoms with E-state index in [1.165, 1.54) is 16.7 Å². The lowest BCUT2D eigenvalue weighted by molar-refractivity contribution is -0.113. The second kappa shape index (κ2) is 6.64. The summed E-state index contributed by atoms with van der Waals surface area (Å²) in [7, 11) is 0. The van der Waals surface area contributed by atoms with Crippen molar-refractivity contribution in [3.05, 3.63) is 70.0 Å². The van der Waals surface area contributed by atoms with Gasteiger partial charge in [-0.3, -0.25) is 9.69 Å². The molecule has 0 saturated carbocycles. The average Bonchev–Trinajstić information content (AvgIpc) is 3.10. The number of thiocarbonyl (C=S) groups is 1. The maximum Gasteiger partial charge on any atom is 0.270 e. The van der Waals surface area contributed by atoms with Crippen molar-refractivity contribution in [3.8, 4) is 0 Å². The number of para-hydroxylation sites is 1. The molecule has 2 aromatic rings. The second-order valence-corrected chi connectivity index (χ2v) is 6.90. The van der Waals surface area contributed by atoms with E-state index in [0.717, 1.165) is 15.9 Å². The zero-order valence-electron chi connectivity index (χ0n) is 11.2. The van der Waals surface area contributed by atoms with Crippen molar-refractivity contribution in [2.24, 2.45) is 0 Å². The number of halogens is 1. The van der Waals surface area contributed by atoms with Crippen LogP contribution in [0, 0.1) is 0 Å². The van der Waals surface area contributed by atoms with Crippen LogP contribution in [0.4, 0.5) is 5.69 Å². The molecule has 1 saturated heterocycles. The lowest BCUT2D eigenvalue weighted by Gasteiger charge is -2.15. The maximum absolute atomic E-state index is 12.5. The fourth-order valence-electron chi connectivity index (χ4n) is 1.94. The molecule has 0 radical (unpaired) electrons. The van der Waals surface area contributed by atoms with E-state index in [1.807, 2.05) is 36.4 Å². The Morgan fingerprint density at radius 2 is 2.05 bits per heavy atom. The van der Waals surface area contributed by atoms with Gasteiger partial charge < -0.3 is 4.42 Å². The molecule has 110 valence electrons. The van der Waals surface area contributed by atoms with Crippen LogP contribution < -0.4 is 4.90 Å². The van der Waals surface area contributed by atoms with Crippen molar-refractivity contribution in [2.75, 3.05) is 4.90 Å². The van der Waals surface area contributed by atoms with Crippen molar-refractivity contribution in [3.63, 3.8) is 0 Å². The predicted octanol–water partition coefficient (Wildman–Crippen LogP) is 5.00. The third kappa shape index (κ3) is 3.09. The van der Waals surface area contributed by atoms with Crippen LogP contribution in [0.25, 0.3) is 6.08 Å². The molecule has 22 heavy (non-hydrogen) atoms. The smallest absolute Gasteiger partial charge is 0.270 e. The number of allylic oxidation sites excluding steroid dienone is 2. The summed E-state index contributed by atoms with van der Waals surface area (Å²) in [5, 5.41) is 0. The molecular weight excluding hydrogens is 382 g/mol. The van der Waals surface area contributed by atoms with Gasteiger partial charge in [-0.2, -0.15) is 0 Å². The number of nitrogens with zero attached hydrogens (tertiary/aromatic N) is 1.